The second-order valence-corrected chi connectivity index (χ2v) is 4.39. The molecule has 1 atom stereocenters. The highest BCUT2D eigenvalue weighted by atomic mass is 16.5. The molecule has 74 valence electrons. The standard InChI is InChI=1S/C11H18O2/c1-2-10(12)9-4-7-13-11(8-9)5-3-6-11/h9H,2-8H2,1H3. The molecule has 1 aliphatic heterocycles. The first-order valence-corrected chi connectivity index (χ1v) is 5.42. The van der Waals surface area contributed by atoms with E-state index in [1.165, 1.54) is 19.3 Å². The molecule has 0 aromatic heterocycles. The van der Waals surface area contributed by atoms with Gasteiger partial charge in [-0.2, -0.15) is 0 Å². The fraction of sp³-hybridized carbons (Fsp3) is 0.909. The third-order valence-electron chi connectivity index (χ3n) is 3.56. The molecule has 1 saturated heterocycles. The zero-order valence-electron chi connectivity index (χ0n) is 8.34. The number of ether oxygens (including phenoxy) is 1. The first-order valence-electron chi connectivity index (χ1n) is 5.42. The van der Waals surface area contributed by atoms with Crippen molar-refractivity contribution in [3.63, 3.8) is 0 Å². The van der Waals surface area contributed by atoms with Crippen LogP contribution in [0, 0.1) is 5.92 Å². The van der Waals surface area contributed by atoms with Crippen molar-refractivity contribution in [3.05, 3.63) is 0 Å². The van der Waals surface area contributed by atoms with Crippen molar-refractivity contribution in [3.8, 4) is 0 Å². The number of hydrogen-bond acceptors (Lipinski definition) is 2. The minimum atomic E-state index is 0.133. The summed E-state index contributed by atoms with van der Waals surface area (Å²) in [5.74, 6) is 0.744. The monoisotopic (exact) mass is 182 g/mol. The molecule has 0 aromatic carbocycles. The van der Waals surface area contributed by atoms with Gasteiger partial charge in [-0.1, -0.05) is 6.92 Å². The molecule has 1 saturated carbocycles. The first kappa shape index (κ1) is 9.20. The molecular formula is C11H18O2. The van der Waals surface area contributed by atoms with Gasteiger partial charge in [0.25, 0.3) is 0 Å². The second-order valence-electron chi connectivity index (χ2n) is 4.39. The molecular weight excluding hydrogens is 164 g/mol. The highest BCUT2D eigenvalue weighted by molar-refractivity contribution is 5.80. The van der Waals surface area contributed by atoms with Crippen molar-refractivity contribution >= 4 is 5.78 Å². The van der Waals surface area contributed by atoms with Gasteiger partial charge in [0.1, 0.15) is 5.78 Å². The van der Waals surface area contributed by atoms with Gasteiger partial charge in [0.15, 0.2) is 0 Å². The SMILES string of the molecule is CCC(=O)C1CCOC2(CCC2)C1. The lowest BCUT2D eigenvalue weighted by Crippen LogP contribution is -2.46. The summed E-state index contributed by atoms with van der Waals surface area (Å²) in [5.41, 5.74) is 0.133. The zero-order chi connectivity index (χ0) is 9.31. The molecule has 2 rings (SSSR count). The zero-order valence-corrected chi connectivity index (χ0v) is 8.34. The Balaban J connectivity index is 1.95. The summed E-state index contributed by atoms with van der Waals surface area (Å²) >= 11 is 0. The van der Waals surface area contributed by atoms with Gasteiger partial charge < -0.3 is 4.74 Å². The fourth-order valence-electron chi connectivity index (χ4n) is 2.51. The van der Waals surface area contributed by atoms with Crippen molar-refractivity contribution in [2.75, 3.05) is 6.61 Å². The van der Waals surface area contributed by atoms with Crippen LogP contribution in [0.15, 0.2) is 0 Å². The van der Waals surface area contributed by atoms with E-state index in [-0.39, 0.29) is 5.60 Å². The van der Waals surface area contributed by atoms with Crippen LogP contribution in [-0.4, -0.2) is 18.0 Å². The Kier molecular flexibility index (Phi) is 2.41. The molecule has 1 heterocycles. The number of rotatable bonds is 2. The number of Topliss-reactive ketones (excluding diaryl/α,β-unsaturated/α-hetero) is 1. The van der Waals surface area contributed by atoms with Gasteiger partial charge in [-0.25, -0.2) is 0 Å². The van der Waals surface area contributed by atoms with E-state index < -0.39 is 0 Å². The van der Waals surface area contributed by atoms with Gasteiger partial charge in [-0.3, -0.25) is 4.79 Å². The minimum absolute atomic E-state index is 0.133. The molecule has 0 radical (unpaired) electrons. The Morgan fingerprint density at radius 2 is 2.31 bits per heavy atom. The lowest BCUT2D eigenvalue weighted by atomic mass is 9.71. The summed E-state index contributed by atoms with van der Waals surface area (Å²) in [6.45, 7) is 2.77. The normalized spacial score (nSPS) is 31.3. The number of carbonyl (C=O) groups is 1. The van der Waals surface area contributed by atoms with E-state index in [2.05, 4.69) is 0 Å². The summed E-state index contributed by atoms with van der Waals surface area (Å²) in [6.07, 6.45) is 6.29. The lowest BCUT2D eigenvalue weighted by Gasteiger charge is -2.46. The topological polar surface area (TPSA) is 26.3 Å². The Labute approximate surface area is 79.7 Å². The Morgan fingerprint density at radius 3 is 2.85 bits per heavy atom. The predicted molar refractivity (Wildman–Crippen MR) is 50.6 cm³/mol. The second kappa shape index (κ2) is 3.41. The Hall–Kier alpha value is -0.370. The van der Waals surface area contributed by atoms with E-state index in [1.807, 2.05) is 6.92 Å². The fourth-order valence-corrected chi connectivity index (χ4v) is 2.51. The van der Waals surface area contributed by atoms with Crippen LogP contribution in [0.5, 0.6) is 0 Å². The molecule has 1 unspecified atom stereocenters. The van der Waals surface area contributed by atoms with E-state index in [0.29, 0.717) is 18.1 Å². The molecule has 0 N–H and O–H groups in total. The van der Waals surface area contributed by atoms with Crippen LogP contribution in [0.25, 0.3) is 0 Å². The summed E-state index contributed by atoms with van der Waals surface area (Å²) in [7, 11) is 0. The molecule has 2 aliphatic rings. The molecule has 1 aliphatic carbocycles. The smallest absolute Gasteiger partial charge is 0.135 e. The molecule has 0 aromatic rings. The largest absolute Gasteiger partial charge is 0.375 e. The third kappa shape index (κ3) is 1.64. The van der Waals surface area contributed by atoms with Gasteiger partial charge in [0, 0.05) is 18.9 Å². The van der Waals surface area contributed by atoms with Crippen LogP contribution in [-0.2, 0) is 9.53 Å². The molecule has 13 heavy (non-hydrogen) atoms. The quantitative estimate of drug-likeness (QED) is 0.655. The van der Waals surface area contributed by atoms with Gasteiger partial charge in [0.05, 0.1) is 5.60 Å². The number of hydrogen-bond donors (Lipinski definition) is 0. The van der Waals surface area contributed by atoms with Crippen molar-refractivity contribution in [2.24, 2.45) is 5.92 Å². The van der Waals surface area contributed by atoms with Crippen LogP contribution in [0.2, 0.25) is 0 Å². The Morgan fingerprint density at radius 1 is 1.54 bits per heavy atom. The molecule has 2 heteroatoms. The average molecular weight is 182 g/mol. The summed E-state index contributed by atoms with van der Waals surface area (Å²) < 4.78 is 5.77. The van der Waals surface area contributed by atoms with E-state index >= 15 is 0 Å². The van der Waals surface area contributed by atoms with E-state index in [0.717, 1.165) is 19.4 Å². The maximum absolute atomic E-state index is 11.5. The van der Waals surface area contributed by atoms with Crippen molar-refractivity contribution in [1.29, 1.82) is 0 Å². The molecule has 2 fully saturated rings. The predicted octanol–water partition coefficient (Wildman–Crippen LogP) is 2.31. The summed E-state index contributed by atoms with van der Waals surface area (Å²) in [6, 6.07) is 0. The van der Waals surface area contributed by atoms with Crippen LogP contribution < -0.4 is 0 Å². The van der Waals surface area contributed by atoms with Crippen LogP contribution in [0.4, 0.5) is 0 Å². The van der Waals surface area contributed by atoms with Gasteiger partial charge >= 0.3 is 0 Å². The van der Waals surface area contributed by atoms with Crippen LogP contribution >= 0.6 is 0 Å². The van der Waals surface area contributed by atoms with Crippen LogP contribution in [0.1, 0.15) is 45.4 Å². The van der Waals surface area contributed by atoms with Gasteiger partial charge in [-0.15, -0.1) is 0 Å². The summed E-state index contributed by atoms with van der Waals surface area (Å²) in [4.78, 5) is 11.5. The van der Waals surface area contributed by atoms with E-state index in [4.69, 9.17) is 4.74 Å². The molecule has 0 amide bonds. The van der Waals surface area contributed by atoms with Gasteiger partial charge in [0.2, 0.25) is 0 Å². The number of ketones is 1. The maximum Gasteiger partial charge on any atom is 0.135 e. The van der Waals surface area contributed by atoms with Crippen molar-refractivity contribution in [2.45, 2.75) is 51.0 Å². The maximum atomic E-state index is 11.5. The third-order valence-corrected chi connectivity index (χ3v) is 3.56. The molecule has 0 bridgehead atoms. The molecule has 1 spiro atoms. The molecule has 2 nitrogen and oxygen atoms in total. The van der Waals surface area contributed by atoms with E-state index in [9.17, 15) is 4.79 Å². The van der Waals surface area contributed by atoms with E-state index in [1.54, 1.807) is 0 Å². The number of carbonyl (C=O) groups excluding carboxylic acids is 1. The average Bonchev–Trinajstić information content (AvgIpc) is 2.14. The highest BCUT2D eigenvalue weighted by Gasteiger charge is 2.43. The van der Waals surface area contributed by atoms with Crippen molar-refractivity contribution in [1.82, 2.24) is 0 Å². The van der Waals surface area contributed by atoms with Gasteiger partial charge in [-0.05, 0) is 32.1 Å². The Bertz CT molecular complexity index is 206. The first-order chi connectivity index (χ1) is 6.26. The minimum Gasteiger partial charge on any atom is -0.375 e. The van der Waals surface area contributed by atoms with Crippen molar-refractivity contribution < 1.29 is 9.53 Å². The lowest BCUT2D eigenvalue weighted by molar-refractivity contribution is -0.155. The summed E-state index contributed by atoms with van der Waals surface area (Å²) in [5, 5.41) is 0. The van der Waals surface area contributed by atoms with Crippen LogP contribution in [0.3, 0.4) is 0 Å². The highest BCUT2D eigenvalue weighted by Crippen LogP contribution is 2.44.